The molecule has 1 N–H and O–H groups in total. The fraction of sp³-hybridized carbons (Fsp3) is 0.217. The van der Waals surface area contributed by atoms with Gasteiger partial charge in [-0.2, -0.15) is 4.72 Å². The predicted molar refractivity (Wildman–Crippen MR) is 125 cm³/mol. The number of hydrogen-bond donors (Lipinski definition) is 1. The number of methoxy groups -OCH3 is 1. The number of fused-ring (bicyclic) bond motifs is 2. The van der Waals surface area contributed by atoms with Crippen LogP contribution in [0.4, 0.5) is 0 Å². The fourth-order valence-corrected chi connectivity index (χ4v) is 6.00. The van der Waals surface area contributed by atoms with Gasteiger partial charge in [0.2, 0.25) is 10.0 Å². The van der Waals surface area contributed by atoms with E-state index in [1.807, 2.05) is 18.2 Å². The SMILES string of the molecule is COc1cnccc1[C@H](NS(=O)(=O)c1ccc2c(c1)OCCCO2)c1cc2cccnc2s1. The van der Waals surface area contributed by atoms with Crippen molar-refractivity contribution in [3.63, 3.8) is 0 Å². The lowest BCUT2D eigenvalue weighted by Crippen LogP contribution is -2.29. The van der Waals surface area contributed by atoms with Crippen LogP contribution in [0.5, 0.6) is 17.2 Å². The van der Waals surface area contributed by atoms with E-state index in [1.165, 1.54) is 30.6 Å². The third-order valence-corrected chi connectivity index (χ3v) is 7.79. The minimum atomic E-state index is -3.94. The van der Waals surface area contributed by atoms with Gasteiger partial charge in [-0.3, -0.25) is 4.98 Å². The largest absolute Gasteiger partial charge is 0.495 e. The molecule has 0 spiro atoms. The number of nitrogens with zero attached hydrogens (tertiary/aromatic N) is 2. The summed E-state index contributed by atoms with van der Waals surface area (Å²) >= 11 is 1.42. The molecule has 0 radical (unpaired) electrons. The lowest BCUT2D eigenvalue weighted by molar-refractivity contribution is 0.297. The highest BCUT2D eigenvalue weighted by atomic mass is 32.2. The van der Waals surface area contributed by atoms with Crippen LogP contribution in [0.25, 0.3) is 10.2 Å². The summed E-state index contributed by atoms with van der Waals surface area (Å²) in [6, 6.07) is 11.4. The lowest BCUT2D eigenvalue weighted by atomic mass is 10.1. The van der Waals surface area contributed by atoms with Gasteiger partial charge in [0.25, 0.3) is 0 Å². The van der Waals surface area contributed by atoms with Gasteiger partial charge in [-0.05, 0) is 30.3 Å². The Kier molecular flexibility index (Phi) is 5.88. The van der Waals surface area contributed by atoms with E-state index in [-0.39, 0.29) is 4.90 Å². The van der Waals surface area contributed by atoms with Crippen LogP contribution in [0.15, 0.2) is 66.0 Å². The van der Waals surface area contributed by atoms with Crippen LogP contribution in [0.3, 0.4) is 0 Å². The number of thiophene rings is 1. The van der Waals surface area contributed by atoms with Crippen LogP contribution in [0, 0.1) is 0 Å². The second-order valence-electron chi connectivity index (χ2n) is 7.38. The smallest absolute Gasteiger partial charge is 0.241 e. The van der Waals surface area contributed by atoms with Crippen LogP contribution >= 0.6 is 11.3 Å². The highest BCUT2D eigenvalue weighted by molar-refractivity contribution is 7.89. The number of benzene rings is 1. The van der Waals surface area contributed by atoms with Gasteiger partial charge in [-0.1, -0.05) is 6.07 Å². The summed E-state index contributed by atoms with van der Waals surface area (Å²) < 4.78 is 46.7. The monoisotopic (exact) mass is 483 g/mol. The van der Waals surface area contributed by atoms with E-state index < -0.39 is 16.1 Å². The van der Waals surface area contributed by atoms with E-state index in [4.69, 9.17) is 14.2 Å². The quantitative estimate of drug-likeness (QED) is 0.444. The molecule has 1 aliphatic heterocycles. The highest BCUT2D eigenvalue weighted by Gasteiger charge is 2.28. The van der Waals surface area contributed by atoms with Crippen molar-refractivity contribution in [1.29, 1.82) is 0 Å². The molecule has 1 atom stereocenters. The second kappa shape index (κ2) is 8.97. The number of hydrogen-bond acceptors (Lipinski definition) is 8. The van der Waals surface area contributed by atoms with E-state index in [9.17, 15) is 8.42 Å². The molecule has 0 saturated carbocycles. The summed E-state index contributed by atoms with van der Waals surface area (Å²) in [7, 11) is -2.41. The molecule has 3 aromatic heterocycles. The molecule has 0 amide bonds. The standard InChI is InChI=1S/C23H21N3O5S2/c1-29-20-14-24-9-7-17(20)22(21-12-15-4-2-8-25-23(15)32-21)26-33(27,28)16-5-6-18-19(13-16)31-11-3-10-30-18/h2,4-9,12-14,22,26H,3,10-11H2,1H3/t22-/m0/s1. The molecule has 8 nitrogen and oxygen atoms in total. The van der Waals surface area contributed by atoms with Crippen molar-refractivity contribution in [1.82, 2.24) is 14.7 Å². The van der Waals surface area contributed by atoms with Crippen LogP contribution in [0.2, 0.25) is 0 Å². The summed E-state index contributed by atoms with van der Waals surface area (Å²) in [5, 5.41) is 0.935. The Morgan fingerprint density at radius 1 is 1.09 bits per heavy atom. The van der Waals surface area contributed by atoms with Gasteiger partial charge in [0, 0.05) is 40.7 Å². The molecule has 4 heterocycles. The van der Waals surface area contributed by atoms with Crippen molar-refractivity contribution < 1.29 is 22.6 Å². The van der Waals surface area contributed by atoms with Gasteiger partial charge in [0.05, 0.1) is 37.5 Å². The summed E-state index contributed by atoms with van der Waals surface area (Å²) in [6.07, 6.45) is 5.62. The van der Waals surface area contributed by atoms with Crippen LogP contribution in [-0.4, -0.2) is 38.7 Å². The Labute approximate surface area is 195 Å². The van der Waals surface area contributed by atoms with E-state index in [0.29, 0.717) is 36.0 Å². The maximum atomic E-state index is 13.5. The Hall–Kier alpha value is -3.21. The molecule has 0 bridgehead atoms. The van der Waals surface area contributed by atoms with Crippen LogP contribution < -0.4 is 18.9 Å². The van der Waals surface area contributed by atoms with Crippen molar-refractivity contribution >= 4 is 31.6 Å². The molecule has 1 aliphatic rings. The van der Waals surface area contributed by atoms with Gasteiger partial charge in [-0.15, -0.1) is 11.3 Å². The van der Waals surface area contributed by atoms with E-state index in [2.05, 4.69) is 14.7 Å². The molecular weight excluding hydrogens is 462 g/mol. The predicted octanol–water partition coefficient (Wildman–Crippen LogP) is 3.93. The Morgan fingerprint density at radius 2 is 1.94 bits per heavy atom. The van der Waals surface area contributed by atoms with Gasteiger partial charge < -0.3 is 14.2 Å². The summed E-state index contributed by atoms with van der Waals surface area (Å²) in [5.74, 6) is 1.43. The van der Waals surface area contributed by atoms with Crippen molar-refractivity contribution in [3.05, 3.63) is 71.5 Å². The van der Waals surface area contributed by atoms with Crippen molar-refractivity contribution in [2.45, 2.75) is 17.4 Å². The summed E-state index contributed by atoms with van der Waals surface area (Å²) in [6.45, 7) is 0.997. The van der Waals surface area contributed by atoms with E-state index in [1.54, 1.807) is 30.7 Å². The maximum Gasteiger partial charge on any atom is 0.241 e. The zero-order valence-corrected chi connectivity index (χ0v) is 19.4. The molecule has 0 fully saturated rings. The normalized spacial score (nSPS) is 14.6. The Morgan fingerprint density at radius 3 is 2.76 bits per heavy atom. The zero-order chi connectivity index (χ0) is 22.8. The maximum absolute atomic E-state index is 13.5. The van der Waals surface area contributed by atoms with Crippen molar-refractivity contribution in [3.8, 4) is 17.2 Å². The minimum Gasteiger partial charge on any atom is -0.495 e. The molecule has 0 unspecified atom stereocenters. The number of nitrogens with one attached hydrogen (secondary N) is 1. The average Bonchev–Trinajstić information content (AvgIpc) is 3.12. The first-order chi connectivity index (χ1) is 16.0. The van der Waals surface area contributed by atoms with E-state index in [0.717, 1.165) is 21.5 Å². The Balaban J connectivity index is 1.57. The zero-order valence-electron chi connectivity index (χ0n) is 17.7. The lowest BCUT2D eigenvalue weighted by Gasteiger charge is -2.20. The third kappa shape index (κ3) is 4.37. The third-order valence-electron chi connectivity index (χ3n) is 5.25. The molecule has 5 rings (SSSR count). The molecule has 170 valence electrons. The molecular formula is C23H21N3O5S2. The number of rotatable bonds is 6. The van der Waals surface area contributed by atoms with Gasteiger partial charge in [-0.25, -0.2) is 13.4 Å². The Bertz CT molecular complexity index is 1370. The van der Waals surface area contributed by atoms with Crippen molar-refractivity contribution in [2.75, 3.05) is 20.3 Å². The number of pyridine rings is 2. The molecule has 33 heavy (non-hydrogen) atoms. The first-order valence-electron chi connectivity index (χ1n) is 10.3. The van der Waals surface area contributed by atoms with Gasteiger partial charge in [0.15, 0.2) is 11.5 Å². The molecule has 4 aromatic rings. The fourth-order valence-electron chi connectivity index (χ4n) is 3.64. The molecule has 0 saturated heterocycles. The molecule has 10 heteroatoms. The van der Waals surface area contributed by atoms with Crippen LogP contribution in [-0.2, 0) is 10.0 Å². The number of sulfonamides is 1. The highest BCUT2D eigenvalue weighted by Crippen LogP contribution is 2.37. The number of ether oxygens (including phenoxy) is 3. The minimum absolute atomic E-state index is 0.0870. The topological polar surface area (TPSA) is 99.6 Å². The summed E-state index contributed by atoms with van der Waals surface area (Å²) in [4.78, 5) is 10.2. The first kappa shape index (κ1) is 21.6. The van der Waals surface area contributed by atoms with E-state index >= 15 is 0 Å². The summed E-state index contributed by atoms with van der Waals surface area (Å²) in [5.41, 5.74) is 0.650. The first-order valence-corrected chi connectivity index (χ1v) is 12.6. The molecule has 1 aromatic carbocycles. The van der Waals surface area contributed by atoms with Crippen LogP contribution in [0.1, 0.15) is 22.9 Å². The second-order valence-corrected chi connectivity index (χ2v) is 10.2. The van der Waals surface area contributed by atoms with Gasteiger partial charge >= 0.3 is 0 Å². The van der Waals surface area contributed by atoms with Gasteiger partial charge in [0.1, 0.15) is 10.6 Å². The number of aromatic nitrogens is 2. The van der Waals surface area contributed by atoms with Crippen molar-refractivity contribution in [2.24, 2.45) is 0 Å². The molecule has 0 aliphatic carbocycles. The average molecular weight is 484 g/mol.